The molecule has 2 amide bonds. The van der Waals surface area contributed by atoms with Gasteiger partial charge in [0, 0.05) is 30.8 Å². The van der Waals surface area contributed by atoms with Gasteiger partial charge in [-0.25, -0.2) is 4.98 Å². The first kappa shape index (κ1) is 28.4. The van der Waals surface area contributed by atoms with Crippen LogP contribution >= 0.6 is 0 Å². The van der Waals surface area contributed by atoms with Crippen LogP contribution in [0.3, 0.4) is 0 Å². The van der Waals surface area contributed by atoms with E-state index >= 15 is 4.39 Å². The van der Waals surface area contributed by atoms with Crippen molar-refractivity contribution in [3.05, 3.63) is 59.2 Å². The van der Waals surface area contributed by atoms with Crippen molar-refractivity contribution in [2.75, 3.05) is 5.32 Å². The van der Waals surface area contributed by atoms with Gasteiger partial charge in [-0.05, 0) is 75.5 Å². The Kier molecular flexibility index (Phi) is 7.87. The van der Waals surface area contributed by atoms with Crippen molar-refractivity contribution in [2.45, 2.75) is 65.1 Å². The van der Waals surface area contributed by atoms with Crippen molar-refractivity contribution in [3.8, 4) is 16.9 Å². The predicted octanol–water partition coefficient (Wildman–Crippen LogP) is 4.38. The summed E-state index contributed by atoms with van der Waals surface area (Å²) in [5.41, 5.74) is 0.255. The average molecular weight is 573 g/mol. The lowest BCUT2D eigenvalue weighted by molar-refractivity contribution is -0.612. The lowest BCUT2D eigenvalue weighted by Gasteiger charge is -2.27. The highest BCUT2D eigenvalue weighted by Crippen LogP contribution is 2.51. The standard InChI is InChI=1S/C28H31F3N6O4/c1-14(2)37-21(10-11-32-37)26(38)35-24(23(16-4-5-16)17-6-7-17)27(39)34-22-9-8-19(25(29)33-22)20-12-18(41-28(30)31)13-36(40)15(20)3/h8-14,16-17,23-24,28H,4-7H2,1-3H3,(H,35,38)(H,33,34,39). The Bertz CT molecular complexity index is 1440. The number of hydrogen-bond donors (Lipinski definition) is 2. The maximum Gasteiger partial charge on any atom is 0.387 e. The molecule has 2 N–H and O–H groups in total. The quantitative estimate of drug-likeness (QED) is 0.200. The summed E-state index contributed by atoms with van der Waals surface area (Å²) in [6.45, 7) is 2.03. The van der Waals surface area contributed by atoms with Crippen LogP contribution in [0.1, 0.15) is 61.8 Å². The molecule has 1 atom stereocenters. The highest BCUT2D eigenvalue weighted by atomic mass is 19.3. The third-order valence-corrected chi connectivity index (χ3v) is 7.55. The number of rotatable bonds is 11. The van der Waals surface area contributed by atoms with Crippen LogP contribution < -0.4 is 20.1 Å². The Hall–Kier alpha value is -4.16. The smallest absolute Gasteiger partial charge is 0.387 e. The molecule has 2 aliphatic carbocycles. The summed E-state index contributed by atoms with van der Waals surface area (Å²) < 4.78 is 46.8. The van der Waals surface area contributed by atoms with Crippen LogP contribution in [0.4, 0.5) is 19.0 Å². The van der Waals surface area contributed by atoms with E-state index in [1.165, 1.54) is 25.3 Å². The van der Waals surface area contributed by atoms with Crippen molar-refractivity contribution in [3.63, 3.8) is 0 Å². The second-order valence-electron chi connectivity index (χ2n) is 10.9. The maximum absolute atomic E-state index is 15.2. The van der Waals surface area contributed by atoms with Gasteiger partial charge >= 0.3 is 6.61 Å². The molecule has 2 saturated carbocycles. The van der Waals surface area contributed by atoms with E-state index in [1.54, 1.807) is 10.7 Å². The Morgan fingerprint density at radius 3 is 2.39 bits per heavy atom. The van der Waals surface area contributed by atoms with Crippen molar-refractivity contribution in [1.82, 2.24) is 20.1 Å². The number of ether oxygens (including phenoxy) is 1. The van der Waals surface area contributed by atoms with Crippen LogP contribution in [0, 0.1) is 35.8 Å². The van der Waals surface area contributed by atoms with E-state index in [9.17, 15) is 23.6 Å². The molecule has 218 valence electrons. The zero-order valence-electron chi connectivity index (χ0n) is 22.8. The van der Waals surface area contributed by atoms with E-state index in [1.807, 2.05) is 13.8 Å². The molecule has 13 heteroatoms. The fourth-order valence-corrected chi connectivity index (χ4v) is 5.31. The van der Waals surface area contributed by atoms with Crippen LogP contribution in [0.25, 0.3) is 11.1 Å². The molecule has 5 rings (SSSR count). The zero-order valence-corrected chi connectivity index (χ0v) is 22.8. The minimum absolute atomic E-state index is 0.00969. The normalized spacial score (nSPS) is 15.8. The van der Waals surface area contributed by atoms with Crippen molar-refractivity contribution in [1.29, 1.82) is 0 Å². The Balaban J connectivity index is 1.39. The van der Waals surface area contributed by atoms with Crippen LogP contribution in [0.5, 0.6) is 5.75 Å². The minimum atomic E-state index is -3.17. The molecular weight excluding hydrogens is 541 g/mol. The molecule has 0 aromatic carbocycles. The second-order valence-corrected chi connectivity index (χ2v) is 10.9. The Morgan fingerprint density at radius 2 is 1.80 bits per heavy atom. The van der Waals surface area contributed by atoms with Gasteiger partial charge < -0.3 is 20.6 Å². The number of pyridine rings is 2. The molecule has 0 bridgehead atoms. The van der Waals surface area contributed by atoms with Crippen LogP contribution in [0.2, 0.25) is 0 Å². The molecule has 0 spiro atoms. The van der Waals surface area contributed by atoms with Gasteiger partial charge in [-0.3, -0.25) is 14.3 Å². The number of alkyl halides is 2. The van der Waals surface area contributed by atoms with E-state index in [4.69, 9.17) is 0 Å². The molecule has 41 heavy (non-hydrogen) atoms. The predicted molar refractivity (Wildman–Crippen MR) is 141 cm³/mol. The first-order chi connectivity index (χ1) is 19.5. The summed E-state index contributed by atoms with van der Waals surface area (Å²) in [5.74, 6) is -1.94. The van der Waals surface area contributed by atoms with Crippen molar-refractivity contribution >= 4 is 17.6 Å². The van der Waals surface area contributed by atoms with Gasteiger partial charge in [0.25, 0.3) is 5.91 Å². The van der Waals surface area contributed by atoms with Gasteiger partial charge in [-0.15, -0.1) is 0 Å². The van der Waals surface area contributed by atoms with Crippen LogP contribution in [0.15, 0.2) is 36.7 Å². The summed E-state index contributed by atoms with van der Waals surface area (Å²) in [5, 5.41) is 21.9. The van der Waals surface area contributed by atoms with Gasteiger partial charge in [0.05, 0.1) is 5.56 Å². The third-order valence-electron chi connectivity index (χ3n) is 7.55. The van der Waals surface area contributed by atoms with Gasteiger partial charge in [0.2, 0.25) is 18.1 Å². The molecule has 1 unspecified atom stereocenters. The van der Waals surface area contributed by atoms with E-state index in [2.05, 4.69) is 25.5 Å². The Morgan fingerprint density at radius 1 is 1.12 bits per heavy atom. The van der Waals surface area contributed by atoms with Gasteiger partial charge in [-0.1, -0.05) is 0 Å². The van der Waals surface area contributed by atoms with Gasteiger partial charge in [0.15, 0.2) is 11.4 Å². The number of carbonyl (C=O) groups excluding carboxylic acids is 2. The number of halogens is 3. The molecule has 2 fully saturated rings. The number of anilines is 1. The van der Waals surface area contributed by atoms with Crippen LogP contribution in [-0.2, 0) is 4.79 Å². The first-order valence-corrected chi connectivity index (χ1v) is 13.5. The zero-order chi connectivity index (χ0) is 29.4. The molecular formula is C28H31F3N6O4. The largest absolute Gasteiger partial charge is 0.618 e. The average Bonchev–Trinajstić information content (AvgIpc) is 3.85. The van der Waals surface area contributed by atoms with Crippen LogP contribution in [-0.4, -0.2) is 39.2 Å². The molecule has 0 aliphatic heterocycles. The summed E-state index contributed by atoms with van der Waals surface area (Å²) in [6.07, 6.45) is 6.24. The molecule has 3 aromatic rings. The minimum Gasteiger partial charge on any atom is -0.618 e. The molecule has 2 aliphatic rings. The molecule has 3 heterocycles. The first-order valence-electron chi connectivity index (χ1n) is 13.5. The monoisotopic (exact) mass is 572 g/mol. The lowest BCUT2D eigenvalue weighted by atomic mass is 9.88. The number of amides is 2. The second kappa shape index (κ2) is 11.4. The van der Waals surface area contributed by atoms with Crippen molar-refractivity contribution < 1.29 is 32.2 Å². The van der Waals surface area contributed by atoms with Gasteiger partial charge in [0.1, 0.15) is 17.6 Å². The number of aromatic nitrogens is 4. The highest BCUT2D eigenvalue weighted by Gasteiger charge is 2.48. The number of nitrogens with zero attached hydrogens (tertiary/aromatic N) is 4. The van der Waals surface area contributed by atoms with E-state index in [-0.39, 0.29) is 34.6 Å². The summed E-state index contributed by atoms with van der Waals surface area (Å²) in [4.78, 5) is 30.8. The van der Waals surface area contributed by atoms with Gasteiger partial charge in [-0.2, -0.15) is 23.0 Å². The number of nitrogens with one attached hydrogen (secondary N) is 2. The van der Waals surface area contributed by atoms with Crippen molar-refractivity contribution in [2.24, 2.45) is 17.8 Å². The summed E-state index contributed by atoms with van der Waals surface area (Å²) in [7, 11) is 0. The third kappa shape index (κ3) is 6.28. The highest BCUT2D eigenvalue weighted by molar-refractivity contribution is 6.00. The SMILES string of the molecule is Cc1c(-c2ccc(NC(=O)C(NC(=O)c3ccnn3C(C)C)C(C3CC3)C3CC3)nc2F)cc(OC(F)F)c[n+]1[O-]. The molecule has 0 saturated heterocycles. The van der Waals surface area contributed by atoms with E-state index in [0.717, 1.165) is 37.9 Å². The fourth-order valence-electron chi connectivity index (χ4n) is 5.31. The Labute approximate surface area is 234 Å². The lowest BCUT2D eigenvalue weighted by Crippen LogP contribution is -2.50. The number of hydrogen-bond acceptors (Lipinski definition) is 6. The maximum atomic E-state index is 15.2. The van der Waals surface area contributed by atoms with E-state index < -0.39 is 36.2 Å². The van der Waals surface area contributed by atoms with E-state index in [0.29, 0.717) is 22.3 Å². The fraction of sp³-hybridized carbons (Fsp3) is 0.464. The molecule has 10 nitrogen and oxygen atoms in total. The topological polar surface area (TPSA) is 125 Å². The number of carbonyl (C=O) groups is 2. The summed E-state index contributed by atoms with van der Waals surface area (Å²) >= 11 is 0. The molecule has 3 aromatic heterocycles. The summed E-state index contributed by atoms with van der Waals surface area (Å²) in [6, 6.07) is 4.43. The molecule has 0 radical (unpaired) electrons.